The molecule has 0 radical (unpaired) electrons. The second-order valence-electron chi connectivity index (χ2n) is 5.37. The van der Waals surface area contributed by atoms with E-state index in [0.29, 0.717) is 11.4 Å². The van der Waals surface area contributed by atoms with Crippen LogP contribution >= 0.6 is 0 Å². The minimum absolute atomic E-state index is 0.156. The highest BCUT2D eigenvalue weighted by molar-refractivity contribution is 6.05. The summed E-state index contributed by atoms with van der Waals surface area (Å²) in [6.07, 6.45) is 6.43. The predicted octanol–water partition coefficient (Wildman–Crippen LogP) is 2.43. The molecule has 0 bridgehead atoms. The van der Waals surface area contributed by atoms with E-state index >= 15 is 0 Å². The molecule has 0 spiro atoms. The SMILES string of the molecule is C/C=C/C=C/C(=O)OCC(=O)N1c2ccccc2NC(=O)C[C@H]1C. The fourth-order valence-corrected chi connectivity index (χ4v) is 2.46. The maximum Gasteiger partial charge on any atom is 0.331 e. The monoisotopic (exact) mass is 328 g/mol. The van der Waals surface area contributed by atoms with E-state index in [2.05, 4.69) is 5.32 Å². The van der Waals surface area contributed by atoms with E-state index in [4.69, 9.17) is 4.74 Å². The maximum absolute atomic E-state index is 12.5. The van der Waals surface area contributed by atoms with Crippen LogP contribution in [-0.2, 0) is 19.1 Å². The third-order valence-electron chi connectivity index (χ3n) is 3.50. The second-order valence-corrected chi connectivity index (χ2v) is 5.37. The van der Waals surface area contributed by atoms with Crippen molar-refractivity contribution in [2.45, 2.75) is 26.3 Å². The van der Waals surface area contributed by atoms with Gasteiger partial charge in [-0.3, -0.25) is 9.59 Å². The van der Waals surface area contributed by atoms with Crippen LogP contribution in [0.3, 0.4) is 0 Å². The normalized spacial score (nSPS) is 17.5. The molecule has 1 aliphatic rings. The van der Waals surface area contributed by atoms with Crippen LogP contribution < -0.4 is 10.2 Å². The summed E-state index contributed by atoms with van der Waals surface area (Å²) in [5.74, 6) is -1.12. The fourth-order valence-electron chi connectivity index (χ4n) is 2.46. The van der Waals surface area contributed by atoms with Crippen molar-refractivity contribution in [2.24, 2.45) is 0 Å². The highest BCUT2D eigenvalue weighted by Gasteiger charge is 2.29. The molecule has 0 aliphatic carbocycles. The van der Waals surface area contributed by atoms with Crippen molar-refractivity contribution in [3.63, 3.8) is 0 Å². The molecule has 1 N–H and O–H groups in total. The zero-order chi connectivity index (χ0) is 17.5. The van der Waals surface area contributed by atoms with Gasteiger partial charge in [-0.1, -0.05) is 30.4 Å². The molecule has 0 saturated heterocycles. The van der Waals surface area contributed by atoms with Gasteiger partial charge in [0.05, 0.1) is 11.4 Å². The molecule has 1 aliphatic heterocycles. The summed E-state index contributed by atoms with van der Waals surface area (Å²) in [6.45, 7) is 3.23. The molecule has 0 unspecified atom stereocenters. The summed E-state index contributed by atoms with van der Waals surface area (Å²) in [5, 5.41) is 2.78. The average Bonchev–Trinajstić information content (AvgIpc) is 2.67. The van der Waals surface area contributed by atoms with Crippen LogP contribution in [0.4, 0.5) is 11.4 Å². The van der Waals surface area contributed by atoms with E-state index in [0.717, 1.165) is 0 Å². The number of nitrogens with one attached hydrogen (secondary N) is 1. The molecule has 24 heavy (non-hydrogen) atoms. The number of carbonyl (C=O) groups is 3. The Labute approximate surface area is 140 Å². The average molecular weight is 328 g/mol. The predicted molar refractivity (Wildman–Crippen MR) is 91.5 cm³/mol. The molecule has 6 heteroatoms. The topological polar surface area (TPSA) is 75.7 Å². The molecule has 2 amide bonds. The van der Waals surface area contributed by atoms with E-state index < -0.39 is 5.97 Å². The molecule has 0 aromatic heterocycles. The van der Waals surface area contributed by atoms with Crippen molar-refractivity contribution in [1.29, 1.82) is 0 Å². The summed E-state index contributed by atoms with van der Waals surface area (Å²) in [4.78, 5) is 37.5. The van der Waals surface area contributed by atoms with E-state index in [-0.39, 0.29) is 30.9 Å². The minimum Gasteiger partial charge on any atom is -0.452 e. The first-order valence-corrected chi connectivity index (χ1v) is 7.70. The molecular formula is C18H20N2O4. The molecule has 0 saturated carbocycles. The molecular weight excluding hydrogens is 308 g/mol. The Hall–Kier alpha value is -2.89. The van der Waals surface area contributed by atoms with Gasteiger partial charge in [0.15, 0.2) is 6.61 Å². The Bertz CT molecular complexity index is 694. The van der Waals surface area contributed by atoms with E-state index in [9.17, 15) is 14.4 Å². The van der Waals surface area contributed by atoms with Crippen LogP contribution in [0.1, 0.15) is 20.3 Å². The highest BCUT2D eigenvalue weighted by Crippen LogP contribution is 2.31. The first kappa shape index (κ1) is 17.5. The van der Waals surface area contributed by atoms with Crippen molar-refractivity contribution in [3.8, 4) is 0 Å². The molecule has 1 atom stereocenters. The van der Waals surface area contributed by atoms with Crippen molar-refractivity contribution in [1.82, 2.24) is 0 Å². The lowest BCUT2D eigenvalue weighted by atomic mass is 10.1. The molecule has 0 fully saturated rings. The van der Waals surface area contributed by atoms with Gasteiger partial charge in [-0.25, -0.2) is 4.79 Å². The van der Waals surface area contributed by atoms with Crippen LogP contribution in [0, 0.1) is 0 Å². The summed E-state index contributed by atoms with van der Waals surface area (Å²) >= 11 is 0. The fraction of sp³-hybridized carbons (Fsp3) is 0.278. The Morgan fingerprint density at radius 1 is 1.33 bits per heavy atom. The van der Waals surface area contributed by atoms with Gasteiger partial charge >= 0.3 is 5.97 Å². The first-order valence-electron chi connectivity index (χ1n) is 7.70. The van der Waals surface area contributed by atoms with E-state index in [1.54, 1.807) is 49.4 Å². The summed E-state index contributed by atoms with van der Waals surface area (Å²) in [7, 11) is 0. The Morgan fingerprint density at radius 2 is 2.08 bits per heavy atom. The number of esters is 1. The molecule has 1 aromatic rings. The van der Waals surface area contributed by atoms with Gasteiger partial charge in [0, 0.05) is 18.5 Å². The Kier molecular flexibility index (Phi) is 5.89. The minimum atomic E-state index is -0.591. The third-order valence-corrected chi connectivity index (χ3v) is 3.50. The molecule has 2 rings (SSSR count). The maximum atomic E-state index is 12.5. The van der Waals surface area contributed by atoms with Crippen LogP contribution in [0.5, 0.6) is 0 Å². The number of para-hydroxylation sites is 2. The summed E-state index contributed by atoms with van der Waals surface area (Å²) < 4.78 is 4.98. The number of benzene rings is 1. The van der Waals surface area contributed by atoms with E-state index in [1.807, 2.05) is 6.92 Å². The highest BCUT2D eigenvalue weighted by atomic mass is 16.5. The number of fused-ring (bicyclic) bond motifs is 1. The number of nitrogens with zero attached hydrogens (tertiary/aromatic N) is 1. The van der Waals surface area contributed by atoms with Gasteiger partial charge < -0.3 is 15.0 Å². The Balaban J connectivity index is 2.12. The smallest absolute Gasteiger partial charge is 0.331 e. The molecule has 6 nitrogen and oxygen atoms in total. The molecule has 1 aromatic carbocycles. The van der Waals surface area contributed by atoms with Gasteiger partial charge in [0.1, 0.15) is 0 Å². The van der Waals surface area contributed by atoms with Gasteiger partial charge in [-0.15, -0.1) is 0 Å². The lowest BCUT2D eigenvalue weighted by molar-refractivity contribution is -0.143. The number of hydrogen-bond donors (Lipinski definition) is 1. The second kappa shape index (κ2) is 8.10. The Morgan fingerprint density at radius 3 is 2.83 bits per heavy atom. The van der Waals surface area contributed by atoms with Crippen molar-refractivity contribution in [2.75, 3.05) is 16.8 Å². The number of carbonyl (C=O) groups excluding carboxylic acids is 3. The van der Waals surface area contributed by atoms with Crippen molar-refractivity contribution >= 4 is 29.2 Å². The van der Waals surface area contributed by atoms with Crippen LogP contribution in [-0.4, -0.2) is 30.4 Å². The van der Waals surface area contributed by atoms with Crippen LogP contribution in [0.15, 0.2) is 48.6 Å². The first-order chi connectivity index (χ1) is 11.5. The summed E-state index contributed by atoms with van der Waals surface area (Å²) in [5.41, 5.74) is 1.17. The zero-order valence-electron chi connectivity index (χ0n) is 13.7. The number of allylic oxidation sites excluding steroid dienone is 3. The molecule has 126 valence electrons. The van der Waals surface area contributed by atoms with Gasteiger partial charge in [-0.2, -0.15) is 0 Å². The number of rotatable bonds is 4. The largest absolute Gasteiger partial charge is 0.452 e. The number of anilines is 2. The summed E-state index contributed by atoms with van der Waals surface area (Å²) in [6, 6.07) is 6.72. The van der Waals surface area contributed by atoms with Gasteiger partial charge in [0.25, 0.3) is 5.91 Å². The zero-order valence-corrected chi connectivity index (χ0v) is 13.7. The lowest BCUT2D eigenvalue weighted by Gasteiger charge is -2.27. The quantitative estimate of drug-likeness (QED) is 0.523. The van der Waals surface area contributed by atoms with Crippen molar-refractivity contribution < 1.29 is 19.1 Å². The lowest BCUT2D eigenvalue weighted by Crippen LogP contribution is -2.41. The van der Waals surface area contributed by atoms with Crippen molar-refractivity contribution in [3.05, 3.63) is 48.6 Å². The van der Waals surface area contributed by atoms with Crippen LogP contribution in [0.2, 0.25) is 0 Å². The standard InChI is InChI=1S/C18H20N2O4/c1-3-4-5-10-18(23)24-12-17(22)20-13(2)11-16(21)19-14-8-6-7-9-15(14)20/h3-10,13H,11-12H2,1-2H3,(H,19,21)/b4-3+,10-5+/t13-/m1/s1. The van der Waals surface area contributed by atoms with Gasteiger partial charge in [-0.05, 0) is 26.0 Å². The van der Waals surface area contributed by atoms with Crippen LogP contribution in [0.25, 0.3) is 0 Å². The number of hydrogen-bond acceptors (Lipinski definition) is 4. The molecule has 1 heterocycles. The third kappa shape index (κ3) is 4.32. The number of amides is 2. The number of ether oxygens (including phenoxy) is 1. The van der Waals surface area contributed by atoms with Gasteiger partial charge in [0.2, 0.25) is 5.91 Å². The van der Waals surface area contributed by atoms with E-state index in [1.165, 1.54) is 11.0 Å².